The smallest absolute Gasteiger partial charge is 0.263 e. The van der Waals surface area contributed by atoms with Crippen LogP contribution in [0.2, 0.25) is 5.02 Å². The summed E-state index contributed by atoms with van der Waals surface area (Å²) in [6.07, 6.45) is 1.43. The molecule has 20 heavy (non-hydrogen) atoms. The lowest BCUT2D eigenvalue weighted by atomic mass is 10.3. The van der Waals surface area contributed by atoms with Crippen molar-refractivity contribution in [2.24, 2.45) is 7.05 Å². The van der Waals surface area contributed by atoms with Gasteiger partial charge in [0.25, 0.3) is 10.0 Å². The van der Waals surface area contributed by atoms with Gasteiger partial charge in [-0.05, 0) is 24.3 Å². The summed E-state index contributed by atoms with van der Waals surface area (Å²) >= 11 is 9.22. The van der Waals surface area contributed by atoms with Crippen molar-refractivity contribution in [3.8, 4) is 0 Å². The van der Waals surface area contributed by atoms with Gasteiger partial charge in [-0.2, -0.15) is 0 Å². The number of benzene rings is 1. The maximum atomic E-state index is 12.3. The first kappa shape index (κ1) is 15.4. The summed E-state index contributed by atoms with van der Waals surface area (Å²) in [7, 11) is -2.09. The average molecular weight is 380 g/mol. The molecule has 2 aromatic rings. The molecule has 0 amide bonds. The van der Waals surface area contributed by atoms with Gasteiger partial charge in [-0.15, -0.1) is 0 Å². The molecule has 2 rings (SSSR count). The molecular formula is C12H12BrClN2O3S. The van der Waals surface area contributed by atoms with E-state index in [0.29, 0.717) is 15.2 Å². The van der Waals surface area contributed by atoms with Crippen LogP contribution < -0.4 is 4.72 Å². The Labute approximate surface area is 130 Å². The van der Waals surface area contributed by atoms with E-state index in [4.69, 9.17) is 16.7 Å². The predicted octanol–water partition coefficient (Wildman–Crippen LogP) is 2.73. The van der Waals surface area contributed by atoms with Gasteiger partial charge in [0.15, 0.2) is 0 Å². The van der Waals surface area contributed by atoms with Gasteiger partial charge in [-0.25, -0.2) is 8.42 Å². The molecule has 0 atom stereocenters. The Balaban J connectivity index is 2.37. The van der Waals surface area contributed by atoms with Crippen LogP contribution in [-0.2, 0) is 23.7 Å². The van der Waals surface area contributed by atoms with Crippen LogP contribution in [0.5, 0.6) is 0 Å². The highest BCUT2D eigenvalue weighted by Crippen LogP contribution is 2.28. The van der Waals surface area contributed by atoms with E-state index in [0.717, 1.165) is 0 Å². The van der Waals surface area contributed by atoms with Crippen molar-refractivity contribution in [2.75, 3.05) is 4.72 Å². The van der Waals surface area contributed by atoms with Crippen molar-refractivity contribution < 1.29 is 13.5 Å². The van der Waals surface area contributed by atoms with Gasteiger partial charge in [-0.1, -0.05) is 27.5 Å². The third-order valence-corrected chi connectivity index (χ3v) is 4.88. The predicted molar refractivity (Wildman–Crippen MR) is 81.3 cm³/mol. The normalized spacial score (nSPS) is 11.6. The van der Waals surface area contributed by atoms with Crippen molar-refractivity contribution >= 4 is 43.2 Å². The van der Waals surface area contributed by atoms with Gasteiger partial charge in [0.1, 0.15) is 4.90 Å². The molecule has 0 fully saturated rings. The Kier molecular flexibility index (Phi) is 4.43. The number of hydrogen-bond acceptors (Lipinski definition) is 3. The van der Waals surface area contributed by atoms with E-state index in [1.165, 1.54) is 12.3 Å². The van der Waals surface area contributed by atoms with Crippen LogP contribution in [0.25, 0.3) is 0 Å². The number of aromatic nitrogens is 1. The average Bonchev–Trinajstić information content (AvgIpc) is 2.76. The lowest BCUT2D eigenvalue weighted by Crippen LogP contribution is -2.12. The van der Waals surface area contributed by atoms with Gasteiger partial charge in [0.05, 0.1) is 17.3 Å². The molecule has 0 saturated heterocycles. The number of nitrogens with zero attached hydrogens (tertiary/aromatic N) is 1. The molecule has 0 aliphatic rings. The van der Waals surface area contributed by atoms with Gasteiger partial charge in [-0.3, -0.25) is 4.72 Å². The van der Waals surface area contributed by atoms with Crippen molar-refractivity contribution in [1.29, 1.82) is 0 Å². The molecule has 0 spiro atoms. The van der Waals surface area contributed by atoms with Crippen LogP contribution in [0.3, 0.4) is 0 Å². The van der Waals surface area contributed by atoms with E-state index in [2.05, 4.69) is 20.7 Å². The van der Waals surface area contributed by atoms with Crippen molar-refractivity contribution in [3.05, 3.63) is 45.7 Å². The molecular weight excluding hydrogens is 368 g/mol. The van der Waals surface area contributed by atoms with E-state index in [1.54, 1.807) is 29.8 Å². The number of nitrogens with one attached hydrogen (secondary N) is 1. The fraction of sp³-hybridized carbons (Fsp3) is 0.167. The van der Waals surface area contributed by atoms with Crippen molar-refractivity contribution in [3.63, 3.8) is 0 Å². The second-order valence-electron chi connectivity index (χ2n) is 4.17. The summed E-state index contributed by atoms with van der Waals surface area (Å²) in [5.74, 6) is 0. The molecule has 5 nitrogen and oxygen atoms in total. The second kappa shape index (κ2) is 5.77. The minimum absolute atomic E-state index is 0.0695. The number of rotatable bonds is 4. The summed E-state index contributed by atoms with van der Waals surface area (Å²) in [6.45, 7) is -0.232. The Morgan fingerprint density at radius 2 is 2.10 bits per heavy atom. The number of sulfonamides is 1. The Morgan fingerprint density at radius 3 is 2.70 bits per heavy atom. The van der Waals surface area contributed by atoms with Crippen molar-refractivity contribution in [2.45, 2.75) is 11.5 Å². The van der Waals surface area contributed by atoms with E-state index in [9.17, 15) is 8.42 Å². The summed E-state index contributed by atoms with van der Waals surface area (Å²) < 4.78 is 29.2. The van der Waals surface area contributed by atoms with Gasteiger partial charge < -0.3 is 9.67 Å². The third-order valence-electron chi connectivity index (χ3n) is 2.73. The molecule has 0 bridgehead atoms. The largest absolute Gasteiger partial charge is 0.390 e. The Hall–Kier alpha value is -1.02. The first-order valence-corrected chi connectivity index (χ1v) is 8.23. The lowest BCUT2D eigenvalue weighted by Gasteiger charge is -2.08. The number of halogens is 2. The van der Waals surface area contributed by atoms with Crippen LogP contribution in [0.4, 0.5) is 5.69 Å². The molecule has 0 saturated carbocycles. The highest BCUT2D eigenvalue weighted by atomic mass is 79.9. The van der Waals surface area contributed by atoms with Crippen LogP contribution in [-0.4, -0.2) is 18.1 Å². The number of aliphatic hydroxyl groups is 1. The molecule has 0 unspecified atom stereocenters. The highest BCUT2D eigenvalue weighted by molar-refractivity contribution is 9.10. The summed E-state index contributed by atoms with van der Waals surface area (Å²) in [4.78, 5) is 0.0695. The van der Waals surface area contributed by atoms with Crippen LogP contribution in [0.1, 0.15) is 5.69 Å². The zero-order valence-electron chi connectivity index (χ0n) is 10.5. The molecule has 2 N–H and O–H groups in total. The topological polar surface area (TPSA) is 71.3 Å². The molecule has 1 aromatic carbocycles. The Morgan fingerprint density at radius 1 is 1.40 bits per heavy atom. The standard InChI is InChI=1S/C12H12BrClN2O3S/c1-16-6-10(5-9(16)7-17)20(18,19)15-12-4-8(13)2-3-11(12)14/h2-6,15,17H,7H2,1H3. The zero-order chi connectivity index (χ0) is 14.9. The third kappa shape index (κ3) is 3.17. The fourth-order valence-corrected chi connectivity index (χ4v) is 3.41. The fourth-order valence-electron chi connectivity index (χ4n) is 1.66. The minimum Gasteiger partial charge on any atom is -0.390 e. The number of hydrogen-bond donors (Lipinski definition) is 2. The maximum Gasteiger partial charge on any atom is 0.263 e. The highest BCUT2D eigenvalue weighted by Gasteiger charge is 2.18. The molecule has 1 aromatic heterocycles. The van der Waals surface area contributed by atoms with Gasteiger partial charge in [0, 0.05) is 23.4 Å². The molecule has 8 heteroatoms. The molecule has 108 valence electrons. The molecule has 0 aliphatic carbocycles. The maximum absolute atomic E-state index is 12.3. The zero-order valence-corrected chi connectivity index (χ0v) is 13.6. The SMILES string of the molecule is Cn1cc(S(=O)(=O)Nc2cc(Br)ccc2Cl)cc1CO. The van der Waals surface area contributed by atoms with E-state index < -0.39 is 10.0 Å². The molecule has 0 aliphatic heterocycles. The van der Waals surface area contributed by atoms with Crippen LogP contribution in [0.15, 0.2) is 39.8 Å². The van der Waals surface area contributed by atoms with Crippen LogP contribution in [0, 0.1) is 0 Å². The van der Waals surface area contributed by atoms with E-state index in [1.807, 2.05) is 0 Å². The number of aryl methyl sites for hydroxylation is 1. The lowest BCUT2D eigenvalue weighted by molar-refractivity contribution is 0.272. The molecule has 0 radical (unpaired) electrons. The first-order valence-electron chi connectivity index (χ1n) is 5.57. The number of anilines is 1. The van der Waals surface area contributed by atoms with Crippen molar-refractivity contribution in [1.82, 2.24) is 4.57 Å². The molecule has 1 heterocycles. The Bertz CT molecular complexity index is 743. The van der Waals surface area contributed by atoms with Gasteiger partial charge in [0.2, 0.25) is 0 Å². The summed E-state index contributed by atoms with van der Waals surface area (Å²) in [6, 6.07) is 6.30. The number of aliphatic hydroxyl groups excluding tert-OH is 1. The van der Waals surface area contributed by atoms with E-state index >= 15 is 0 Å². The monoisotopic (exact) mass is 378 g/mol. The quantitative estimate of drug-likeness (QED) is 0.858. The van der Waals surface area contributed by atoms with Gasteiger partial charge >= 0.3 is 0 Å². The minimum atomic E-state index is -3.75. The van der Waals surface area contributed by atoms with Crippen LogP contribution >= 0.6 is 27.5 Å². The summed E-state index contributed by atoms with van der Waals surface area (Å²) in [5.41, 5.74) is 0.793. The first-order chi connectivity index (χ1) is 9.33. The second-order valence-corrected chi connectivity index (χ2v) is 7.17. The summed E-state index contributed by atoms with van der Waals surface area (Å²) in [5, 5.41) is 9.41. The van der Waals surface area contributed by atoms with E-state index in [-0.39, 0.29) is 17.2 Å².